The average Bonchev–Trinajstić information content (AvgIpc) is 3.67. The van der Waals surface area contributed by atoms with Gasteiger partial charge in [0.1, 0.15) is 11.4 Å². The van der Waals surface area contributed by atoms with E-state index in [1.54, 1.807) is 26.8 Å². The summed E-state index contributed by atoms with van der Waals surface area (Å²) < 4.78 is 26.8. The van der Waals surface area contributed by atoms with Crippen LogP contribution in [0.2, 0.25) is 5.02 Å². The molecule has 2 aromatic carbocycles. The van der Waals surface area contributed by atoms with Gasteiger partial charge in [-0.1, -0.05) is 23.7 Å². The molecule has 0 unspecified atom stereocenters. The second kappa shape index (κ2) is 10.1. The quantitative estimate of drug-likeness (QED) is 0.369. The number of esters is 1. The van der Waals surface area contributed by atoms with Gasteiger partial charge < -0.3 is 14.4 Å². The molecule has 0 radical (unpaired) electrons. The summed E-state index contributed by atoms with van der Waals surface area (Å²) in [6.07, 6.45) is 1.74. The third-order valence-corrected chi connectivity index (χ3v) is 7.14. The molecule has 3 aromatic rings. The molecule has 10 heteroatoms. The molecule has 39 heavy (non-hydrogen) atoms. The van der Waals surface area contributed by atoms with E-state index in [1.807, 2.05) is 12.1 Å². The van der Waals surface area contributed by atoms with Crippen LogP contribution in [0, 0.1) is 5.82 Å². The van der Waals surface area contributed by atoms with Crippen molar-refractivity contribution in [2.45, 2.75) is 58.1 Å². The van der Waals surface area contributed by atoms with Gasteiger partial charge in [-0.3, -0.25) is 4.79 Å². The first kappa shape index (κ1) is 26.9. The van der Waals surface area contributed by atoms with Gasteiger partial charge in [-0.15, -0.1) is 0 Å². The van der Waals surface area contributed by atoms with Crippen LogP contribution in [0.5, 0.6) is 0 Å². The molecule has 2 heterocycles. The highest BCUT2D eigenvalue weighted by Gasteiger charge is 2.35. The van der Waals surface area contributed by atoms with Gasteiger partial charge >= 0.3 is 12.1 Å². The zero-order valence-corrected chi connectivity index (χ0v) is 23.0. The molecule has 204 valence electrons. The Labute approximate surface area is 230 Å². The molecule has 1 amide bonds. The molecule has 1 aromatic heterocycles. The minimum Gasteiger partial charge on any atom is -0.465 e. The maximum Gasteiger partial charge on any atom is 0.410 e. The van der Waals surface area contributed by atoms with E-state index in [4.69, 9.17) is 21.1 Å². The zero-order valence-electron chi connectivity index (χ0n) is 22.2. The van der Waals surface area contributed by atoms with Crippen LogP contribution in [-0.4, -0.2) is 51.9 Å². The minimum atomic E-state index is -0.695. The first-order valence-corrected chi connectivity index (χ1v) is 13.2. The summed E-state index contributed by atoms with van der Waals surface area (Å²) in [6, 6.07) is 9.36. The first-order chi connectivity index (χ1) is 18.5. The van der Waals surface area contributed by atoms with Crippen LogP contribution in [-0.2, 0) is 22.4 Å². The fourth-order valence-corrected chi connectivity index (χ4v) is 5.11. The van der Waals surface area contributed by atoms with Crippen molar-refractivity contribution in [2.24, 2.45) is 0 Å². The highest BCUT2D eigenvalue weighted by molar-refractivity contribution is 6.34. The monoisotopic (exact) mass is 553 g/mol. The van der Waals surface area contributed by atoms with E-state index in [0.29, 0.717) is 34.8 Å². The van der Waals surface area contributed by atoms with Gasteiger partial charge in [0, 0.05) is 17.7 Å². The Morgan fingerprint density at radius 1 is 1.13 bits per heavy atom. The standard InChI is InChI=1S/C29H29ClFN3O5/c1-29(2,3)39-28(37)33-13-12-20-23(15-33)34(26(35)24-18(16-8-9-16)6-5-7-21(24)30)32-25(20)19-11-10-17(14-22(19)31)27(36)38-4/h5-7,10-11,14,16H,8-9,12-13,15H2,1-4H3. The average molecular weight is 554 g/mol. The molecule has 8 nitrogen and oxygen atoms in total. The van der Waals surface area contributed by atoms with Crippen LogP contribution in [0.4, 0.5) is 9.18 Å². The van der Waals surface area contributed by atoms with Gasteiger partial charge in [0.2, 0.25) is 0 Å². The molecular weight excluding hydrogens is 525 g/mol. The lowest BCUT2D eigenvalue weighted by molar-refractivity contribution is 0.0218. The smallest absolute Gasteiger partial charge is 0.410 e. The third kappa shape index (κ3) is 5.28. The fourth-order valence-electron chi connectivity index (χ4n) is 4.84. The number of benzene rings is 2. The number of carbonyl (C=O) groups excluding carboxylic acids is 3. The van der Waals surface area contributed by atoms with Gasteiger partial charge in [-0.2, -0.15) is 9.78 Å². The van der Waals surface area contributed by atoms with E-state index in [9.17, 15) is 14.4 Å². The maximum atomic E-state index is 15.3. The van der Waals surface area contributed by atoms with Gasteiger partial charge in [0.15, 0.2) is 0 Å². The number of aromatic nitrogens is 2. The zero-order chi connectivity index (χ0) is 28.1. The predicted molar refractivity (Wildman–Crippen MR) is 142 cm³/mol. The second-order valence-corrected chi connectivity index (χ2v) is 11.2. The Morgan fingerprint density at radius 2 is 1.87 bits per heavy atom. The molecule has 1 aliphatic heterocycles. The van der Waals surface area contributed by atoms with E-state index in [0.717, 1.165) is 24.5 Å². The number of halogens is 2. The summed E-state index contributed by atoms with van der Waals surface area (Å²) in [5.41, 5.74) is 2.09. The van der Waals surface area contributed by atoms with E-state index < -0.39 is 29.4 Å². The summed E-state index contributed by atoms with van der Waals surface area (Å²) in [4.78, 5) is 40.4. The highest BCUT2D eigenvalue weighted by atomic mass is 35.5. The van der Waals surface area contributed by atoms with Crippen molar-refractivity contribution >= 4 is 29.6 Å². The maximum absolute atomic E-state index is 15.3. The van der Waals surface area contributed by atoms with Crippen LogP contribution in [0.3, 0.4) is 0 Å². The number of hydrogen-bond acceptors (Lipinski definition) is 6. The van der Waals surface area contributed by atoms with E-state index in [2.05, 4.69) is 5.10 Å². The van der Waals surface area contributed by atoms with Gasteiger partial charge in [0.05, 0.1) is 41.2 Å². The van der Waals surface area contributed by atoms with Crippen molar-refractivity contribution in [1.29, 1.82) is 0 Å². The molecule has 1 aliphatic carbocycles. The SMILES string of the molecule is COC(=O)c1ccc(-c2nn(C(=O)c3c(Cl)cccc3C3CC3)c3c2CCN(C(=O)OC(C)(C)C)C3)c(F)c1. The van der Waals surface area contributed by atoms with Crippen LogP contribution in [0.15, 0.2) is 36.4 Å². The lowest BCUT2D eigenvalue weighted by atomic mass is 9.98. The number of fused-ring (bicyclic) bond motifs is 1. The first-order valence-electron chi connectivity index (χ1n) is 12.8. The van der Waals surface area contributed by atoms with Crippen LogP contribution in [0.1, 0.15) is 77.1 Å². The molecular formula is C29H29ClFN3O5. The molecule has 5 rings (SSSR count). The molecule has 0 bridgehead atoms. The molecule has 1 saturated carbocycles. The number of nitrogens with zero attached hydrogens (tertiary/aromatic N) is 3. The van der Waals surface area contributed by atoms with Crippen LogP contribution in [0.25, 0.3) is 11.3 Å². The normalized spacial score (nSPS) is 15.1. The Hall–Kier alpha value is -3.72. The van der Waals surface area contributed by atoms with Crippen molar-refractivity contribution < 1.29 is 28.2 Å². The van der Waals surface area contributed by atoms with E-state index in [1.165, 1.54) is 28.8 Å². The van der Waals surface area contributed by atoms with Gasteiger partial charge in [0.25, 0.3) is 5.91 Å². The molecule has 2 aliphatic rings. The number of methoxy groups -OCH3 is 1. The summed E-state index contributed by atoms with van der Waals surface area (Å²) in [6.45, 7) is 5.70. The molecule has 0 saturated heterocycles. The lowest BCUT2D eigenvalue weighted by Crippen LogP contribution is -2.40. The van der Waals surface area contributed by atoms with Gasteiger partial charge in [-0.25, -0.2) is 14.0 Å². The summed E-state index contributed by atoms with van der Waals surface area (Å²) in [7, 11) is 1.22. The van der Waals surface area contributed by atoms with Crippen LogP contribution >= 0.6 is 11.6 Å². The van der Waals surface area contributed by atoms with E-state index >= 15 is 4.39 Å². The molecule has 0 atom stereocenters. The number of hydrogen-bond donors (Lipinski definition) is 0. The predicted octanol–water partition coefficient (Wildman–Crippen LogP) is 5.99. The fraction of sp³-hybridized carbons (Fsp3) is 0.379. The lowest BCUT2D eigenvalue weighted by Gasteiger charge is -2.30. The number of rotatable bonds is 4. The minimum absolute atomic E-state index is 0.0497. The van der Waals surface area contributed by atoms with Crippen molar-refractivity contribution in [1.82, 2.24) is 14.7 Å². The summed E-state index contributed by atoms with van der Waals surface area (Å²) >= 11 is 6.54. The topological polar surface area (TPSA) is 90.7 Å². The summed E-state index contributed by atoms with van der Waals surface area (Å²) in [5.74, 6) is -1.54. The Morgan fingerprint density at radius 3 is 2.51 bits per heavy atom. The van der Waals surface area contributed by atoms with Crippen molar-refractivity contribution in [3.05, 3.63) is 75.2 Å². The van der Waals surface area contributed by atoms with E-state index in [-0.39, 0.29) is 29.3 Å². The Kier molecular flexibility index (Phi) is 6.97. The Bertz CT molecular complexity index is 1490. The third-order valence-electron chi connectivity index (χ3n) is 6.83. The summed E-state index contributed by atoms with van der Waals surface area (Å²) in [5, 5.41) is 4.91. The molecule has 1 fully saturated rings. The second-order valence-electron chi connectivity index (χ2n) is 10.8. The Balaban J connectivity index is 1.62. The number of amides is 1. The molecule has 0 N–H and O–H groups in total. The largest absolute Gasteiger partial charge is 0.465 e. The van der Waals surface area contributed by atoms with Crippen molar-refractivity contribution in [2.75, 3.05) is 13.7 Å². The number of carbonyl (C=O) groups is 3. The van der Waals surface area contributed by atoms with Crippen LogP contribution < -0.4 is 0 Å². The van der Waals surface area contributed by atoms with Crippen molar-refractivity contribution in [3.8, 4) is 11.3 Å². The number of ether oxygens (including phenoxy) is 2. The molecule has 0 spiro atoms. The van der Waals surface area contributed by atoms with Gasteiger partial charge in [-0.05, 0) is 75.8 Å². The highest BCUT2D eigenvalue weighted by Crippen LogP contribution is 2.43. The van der Waals surface area contributed by atoms with Crippen molar-refractivity contribution in [3.63, 3.8) is 0 Å².